The molecule has 3 unspecified atom stereocenters. The second-order valence-electron chi connectivity index (χ2n) is 8.72. The minimum absolute atomic E-state index is 0.322. The van der Waals surface area contributed by atoms with Crippen molar-refractivity contribution in [1.29, 1.82) is 0 Å². The number of fused-ring (bicyclic) bond motifs is 3. The topological polar surface area (TPSA) is 21.3 Å². The molecule has 0 fully saturated rings. The zero-order valence-electron chi connectivity index (χ0n) is 16.9. The molecule has 4 rings (SSSR count). The third-order valence-electron chi connectivity index (χ3n) is 5.89. The maximum atomic E-state index is 6.16. The summed E-state index contributed by atoms with van der Waals surface area (Å²) in [6.45, 7) is 9.63. The van der Waals surface area contributed by atoms with E-state index >= 15 is 0 Å². The van der Waals surface area contributed by atoms with Gasteiger partial charge in [0.1, 0.15) is 5.75 Å². The average molecular weight is 362 g/mol. The van der Waals surface area contributed by atoms with Gasteiger partial charge in [0.15, 0.2) is 0 Å². The van der Waals surface area contributed by atoms with Gasteiger partial charge in [-0.3, -0.25) is 0 Å². The van der Waals surface area contributed by atoms with Crippen LogP contribution in [-0.4, -0.2) is 6.61 Å². The molecule has 0 saturated heterocycles. The molecule has 1 heterocycles. The number of hydrogen-bond donors (Lipinski definition) is 1. The van der Waals surface area contributed by atoms with Crippen molar-refractivity contribution in [3.63, 3.8) is 0 Å². The lowest BCUT2D eigenvalue weighted by molar-refractivity contribution is 0.270. The van der Waals surface area contributed by atoms with E-state index in [1.807, 2.05) is 0 Å². The van der Waals surface area contributed by atoms with Crippen LogP contribution in [-0.2, 0) is 0 Å². The van der Waals surface area contributed by atoms with Crippen LogP contribution in [0, 0.1) is 11.8 Å². The van der Waals surface area contributed by atoms with Gasteiger partial charge in [-0.15, -0.1) is 0 Å². The molecular weight excluding hydrogens is 330 g/mol. The van der Waals surface area contributed by atoms with E-state index in [-0.39, 0.29) is 0 Å². The summed E-state index contributed by atoms with van der Waals surface area (Å²) in [4.78, 5) is 0. The Morgan fingerprint density at radius 2 is 1.81 bits per heavy atom. The highest BCUT2D eigenvalue weighted by Crippen LogP contribution is 2.52. The predicted molar refractivity (Wildman–Crippen MR) is 114 cm³/mol. The van der Waals surface area contributed by atoms with Gasteiger partial charge in [-0.1, -0.05) is 76.2 Å². The van der Waals surface area contributed by atoms with E-state index in [0.717, 1.165) is 18.8 Å². The molecule has 0 saturated carbocycles. The second-order valence-corrected chi connectivity index (χ2v) is 8.72. The first-order chi connectivity index (χ1) is 13.0. The summed E-state index contributed by atoms with van der Waals surface area (Å²) in [6, 6.07) is 16.0. The molecule has 1 aliphatic heterocycles. The fraction of sp³-hybridized carbons (Fsp3) is 0.440. The standard InChI is InChI=1S/C25H31NO/c1-16(2)15-27-23-10-6-9-22-20-7-5-8-21(20)24(26-25(22)23)19-13-11-18(12-14-19)17(3)4/h5-7,9-14,16-17,20-21,24,26H,8,15H2,1-4H3. The molecule has 2 aromatic carbocycles. The van der Waals surface area contributed by atoms with Crippen LogP contribution in [0.4, 0.5) is 5.69 Å². The first-order valence-electron chi connectivity index (χ1n) is 10.3. The molecule has 0 aromatic heterocycles. The van der Waals surface area contributed by atoms with Crippen LogP contribution in [0.2, 0.25) is 0 Å². The predicted octanol–water partition coefficient (Wildman–Crippen LogP) is 6.67. The van der Waals surface area contributed by atoms with E-state index in [2.05, 4.69) is 87.6 Å². The number of allylic oxidation sites excluding steroid dienone is 2. The minimum atomic E-state index is 0.322. The molecule has 0 bridgehead atoms. The third kappa shape index (κ3) is 3.50. The average Bonchev–Trinajstić information content (AvgIpc) is 3.15. The van der Waals surface area contributed by atoms with Crippen molar-refractivity contribution in [2.45, 2.75) is 52.0 Å². The van der Waals surface area contributed by atoms with E-state index < -0.39 is 0 Å². The Kier molecular flexibility index (Phi) is 4.99. The van der Waals surface area contributed by atoms with Gasteiger partial charge >= 0.3 is 0 Å². The molecule has 142 valence electrons. The lowest BCUT2D eigenvalue weighted by Gasteiger charge is -2.38. The molecule has 2 aliphatic rings. The fourth-order valence-corrected chi connectivity index (χ4v) is 4.39. The smallest absolute Gasteiger partial charge is 0.142 e. The van der Waals surface area contributed by atoms with E-state index in [1.54, 1.807) is 0 Å². The molecule has 27 heavy (non-hydrogen) atoms. The van der Waals surface area contributed by atoms with Crippen molar-refractivity contribution in [3.8, 4) is 5.75 Å². The minimum Gasteiger partial charge on any atom is -0.491 e. The largest absolute Gasteiger partial charge is 0.491 e. The van der Waals surface area contributed by atoms with Crippen molar-refractivity contribution in [2.24, 2.45) is 11.8 Å². The Hall–Kier alpha value is -2.22. The number of hydrogen-bond acceptors (Lipinski definition) is 2. The summed E-state index contributed by atoms with van der Waals surface area (Å²) in [5, 5.41) is 3.86. The highest BCUT2D eigenvalue weighted by Gasteiger charge is 2.38. The van der Waals surface area contributed by atoms with Crippen LogP contribution in [0.15, 0.2) is 54.6 Å². The van der Waals surface area contributed by atoms with Crippen LogP contribution in [0.5, 0.6) is 5.75 Å². The van der Waals surface area contributed by atoms with Gasteiger partial charge in [0.2, 0.25) is 0 Å². The maximum absolute atomic E-state index is 6.16. The number of benzene rings is 2. The number of rotatable bonds is 5. The van der Waals surface area contributed by atoms with Crippen molar-refractivity contribution in [1.82, 2.24) is 0 Å². The second kappa shape index (κ2) is 7.42. The summed E-state index contributed by atoms with van der Waals surface area (Å²) < 4.78 is 6.16. The Morgan fingerprint density at radius 1 is 1.04 bits per heavy atom. The number of nitrogens with one attached hydrogen (secondary N) is 1. The molecule has 0 radical (unpaired) electrons. The Labute approximate surface area is 163 Å². The lowest BCUT2D eigenvalue weighted by Crippen LogP contribution is -2.29. The highest BCUT2D eigenvalue weighted by molar-refractivity contribution is 5.67. The highest BCUT2D eigenvalue weighted by atomic mass is 16.5. The third-order valence-corrected chi connectivity index (χ3v) is 5.89. The van der Waals surface area contributed by atoms with Gasteiger partial charge in [0.05, 0.1) is 18.3 Å². The monoisotopic (exact) mass is 361 g/mol. The van der Waals surface area contributed by atoms with Crippen molar-refractivity contribution >= 4 is 5.69 Å². The van der Waals surface area contributed by atoms with Gasteiger partial charge in [0, 0.05) is 5.92 Å². The van der Waals surface area contributed by atoms with Crippen molar-refractivity contribution in [3.05, 3.63) is 71.3 Å². The van der Waals surface area contributed by atoms with E-state index in [4.69, 9.17) is 4.74 Å². The summed E-state index contributed by atoms with van der Waals surface area (Å²) >= 11 is 0. The first-order valence-corrected chi connectivity index (χ1v) is 10.3. The molecule has 2 aromatic rings. The summed E-state index contributed by atoms with van der Waals surface area (Å²) in [5.41, 5.74) is 5.34. The van der Waals surface area contributed by atoms with Gasteiger partial charge in [-0.05, 0) is 46.9 Å². The Bertz CT molecular complexity index is 819. The van der Waals surface area contributed by atoms with Crippen LogP contribution in [0.1, 0.15) is 68.7 Å². The maximum Gasteiger partial charge on any atom is 0.142 e. The van der Waals surface area contributed by atoms with Gasteiger partial charge in [-0.25, -0.2) is 0 Å². The Balaban J connectivity index is 1.69. The molecule has 0 amide bonds. The van der Waals surface area contributed by atoms with Gasteiger partial charge < -0.3 is 10.1 Å². The number of para-hydroxylation sites is 1. The summed E-state index contributed by atoms with van der Waals surface area (Å²) in [5.74, 6) is 3.11. The molecular formula is C25H31NO. The lowest BCUT2D eigenvalue weighted by atomic mass is 9.76. The van der Waals surface area contributed by atoms with Crippen molar-refractivity contribution < 1.29 is 4.74 Å². The quantitative estimate of drug-likeness (QED) is 0.600. The molecule has 2 heteroatoms. The summed E-state index contributed by atoms with van der Waals surface area (Å²) in [6.07, 6.45) is 5.88. The zero-order chi connectivity index (χ0) is 19.0. The van der Waals surface area contributed by atoms with Crippen LogP contribution < -0.4 is 10.1 Å². The normalized spacial score (nSPS) is 23.3. The van der Waals surface area contributed by atoms with Crippen molar-refractivity contribution in [2.75, 3.05) is 11.9 Å². The molecule has 0 spiro atoms. The zero-order valence-corrected chi connectivity index (χ0v) is 16.9. The first kappa shape index (κ1) is 18.2. The molecule has 2 nitrogen and oxygen atoms in total. The number of ether oxygens (including phenoxy) is 1. The van der Waals surface area contributed by atoms with E-state index in [0.29, 0.717) is 29.7 Å². The molecule has 1 aliphatic carbocycles. The van der Waals surface area contributed by atoms with E-state index in [1.165, 1.54) is 22.4 Å². The number of anilines is 1. The summed E-state index contributed by atoms with van der Waals surface area (Å²) in [7, 11) is 0. The van der Waals surface area contributed by atoms with Gasteiger partial charge in [0.25, 0.3) is 0 Å². The van der Waals surface area contributed by atoms with Crippen LogP contribution in [0.3, 0.4) is 0 Å². The SMILES string of the molecule is CC(C)COc1cccc2c1NC(c1ccc(C(C)C)cc1)C1CC=CC21. The van der Waals surface area contributed by atoms with Crippen LogP contribution >= 0.6 is 0 Å². The van der Waals surface area contributed by atoms with Gasteiger partial charge in [-0.2, -0.15) is 0 Å². The molecule has 3 atom stereocenters. The van der Waals surface area contributed by atoms with Crippen LogP contribution in [0.25, 0.3) is 0 Å². The molecule has 1 N–H and O–H groups in total. The Morgan fingerprint density at radius 3 is 2.52 bits per heavy atom. The fourth-order valence-electron chi connectivity index (χ4n) is 4.39. The van der Waals surface area contributed by atoms with E-state index in [9.17, 15) is 0 Å².